The van der Waals surface area contributed by atoms with Crippen molar-refractivity contribution >= 4 is 11.6 Å². The molecule has 2 heterocycles. The van der Waals surface area contributed by atoms with Crippen molar-refractivity contribution in [3.8, 4) is 0 Å². The number of hydrogen-bond acceptors (Lipinski definition) is 6. The molecule has 0 fully saturated rings. The Balaban J connectivity index is 2.26. The van der Waals surface area contributed by atoms with Gasteiger partial charge in [0.2, 0.25) is 0 Å². The largest absolute Gasteiger partial charge is 0.373 e. The highest BCUT2D eigenvalue weighted by Gasteiger charge is 2.15. The van der Waals surface area contributed by atoms with E-state index in [2.05, 4.69) is 37.7 Å². The van der Waals surface area contributed by atoms with Crippen LogP contribution in [0, 0.1) is 0 Å². The first-order chi connectivity index (χ1) is 9.67. The molecule has 0 radical (unpaired) electrons. The van der Waals surface area contributed by atoms with E-state index in [1.165, 1.54) is 0 Å². The number of rotatable bonds is 6. The van der Waals surface area contributed by atoms with E-state index in [1.54, 1.807) is 12.7 Å². The van der Waals surface area contributed by atoms with Crippen molar-refractivity contribution in [3.05, 3.63) is 24.0 Å². The smallest absolute Gasteiger partial charge is 0.154 e. The Morgan fingerprint density at radius 3 is 2.65 bits per heavy atom. The zero-order chi connectivity index (χ0) is 14.5. The molecule has 0 aliphatic carbocycles. The maximum absolute atomic E-state index is 4.37. The van der Waals surface area contributed by atoms with E-state index in [1.807, 2.05) is 25.6 Å². The average Bonchev–Trinajstić information content (AvgIpc) is 2.87. The van der Waals surface area contributed by atoms with Crippen LogP contribution >= 0.6 is 0 Å². The Bertz CT molecular complexity index is 564. The van der Waals surface area contributed by atoms with Crippen LogP contribution in [0.15, 0.2) is 12.7 Å². The standard InChI is InChI=1S/C13H21N7/c1-5-6-10-11(14-3)15-7-16-12(10)18-9(2)13-19-17-8-20(13)4/h7-9H,5-6H2,1-4H3,(H2,14,15,16,18). The average molecular weight is 275 g/mol. The fourth-order valence-electron chi connectivity index (χ4n) is 2.19. The summed E-state index contributed by atoms with van der Waals surface area (Å²) in [5.74, 6) is 2.59. The minimum absolute atomic E-state index is 0.0257. The zero-order valence-corrected chi connectivity index (χ0v) is 12.4. The van der Waals surface area contributed by atoms with Crippen LogP contribution in [0.1, 0.15) is 37.7 Å². The monoisotopic (exact) mass is 275 g/mol. The molecule has 1 unspecified atom stereocenters. The van der Waals surface area contributed by atoms with E-state index in [9.17, 15) is 0 Å². The van der Waals surface area contributed by atoms with E-state index >= 15 is 0 Å². The summed E-state index contributed by atoms with van der Waals surface area (Å²) >= 11 is 0. The Kier molecular flexibility index (Phi) is 4.49. The number of aromatic nitrogens is 5. The van der Waals surface area contributed by atoms with E-state index in [0.717, 1.165) is 35.9 Å². The van der Waals surface area contributed by atoms with Gasteiger partial charge in [0.25, 0.3) is 0 Å². The van der Waals surface area contributed by atoms with Crippen LogP contribution in [0.2, 0.25) is 0 Å². The summed E-state index contributed by atoms with van der Waals surface area (Å²) in [4.78, 5) is 8.63. The van der Waals surface area contributed by atoms with Crippen LogP contribution in [0.5, 0.6) is 0 Å². The second kappa shape index (κ2) is 6.31. The van der Waals surface area contributed by atoms with Crippen LogP contribution in [-0.4, -0.2) is 31.8 Å². The molecule has 7 nitrogen and oxygen atoms in total. The molecule has 2 aromatic heterocycles. The molecule has 2 N–H and O–H groups in total. The first-order valence-corrected chi connectivity index (χ1v) is 6.79. The van der Waals surface area contributed by atoms with Crippen molar-refractivity contribution in [3.63, 3.8) is 0 Å². The Morgan fingerprint density at radius 2 is 2.05 bits per heavy atom. The minimum atomic E-state index is 0.0257. The summed E-state index contributed by atoms with van der Waals surface area (Å²) in [6.07, 6.45) is 5.22. The molecule has 0 saturated carbocycles. The van der Waals surface area contributed by atoms with Crippen molar-refractivity contribution in [1.82, 2.24) is 24.7 Å². The van der Waals surface area contributed by atoms with Crippen LogP contribution in [0.4, 0.5) is 11.6 Å². The molecule has 0 aliphatic rings. The van der Waals surface area contributed by atoms with E-state index in [-0.39, 0.29) is 6.04 Å². The minimum Gasteiger partial charge on any atom is -0.373 e. The zero-order valence-electron chi connectivity index (χ0n) is 12.4. The van der Waals surface area contributed by atoms with Gasteiger partial charge >= 0.3 is 0 Å². The highest BCUT2D eigenvalue weighted by Crippen LogP contribution is 2.24. The van der Waals surface area contributed by atoms with Crippen LogP contribution < -0.4 is 10.6 Å². The Morgan fingerprint density at radius 1 is 1.30 bits per heavy atom. The Hall–Kier alpha value is -2.18. The summed E-state index contributed by atoms with van der Waals surface area (Å²) in [6.45, 7) is 4.18. The van der Waals surface area contributed by atoms with Gasteiger partial charge in [-0.15, -0.1) is 10.2 Å². The van der Waals surface area contributed by atoms with Crippen molar-refractivity contribution in [2.75, 3.05) is 17.7 Å². The van der Waals surface area contributed by atoms with Crippen LogP contribution in [-0.2, 0) is 13.5 Å². The van der Waals surface area contributed by atoms with Gasteiger partial charge in [0.05, 0.1) is 6.04 Å². The van der Waals surface area contributed by atoms with E-state index in [4.69, 9.17) is 0 Å². The molecular formula is C13H21N7. The van der Waals surface area contributed by atoms with Crippen LogP contribution in [0.25, 0.3) is 0 Å². The maximum atomic E-state index is 4.37. The predicted molar refractivity (Wildman–Crippen MR) is 78.6 cm³/mol. The van der Waals surface area contributed by atoms with Crippen molar-refractivity contribution in [1.29, 1.82) is 0 Å². The Labute approximate surface area is 118 Å². The van der Waals surface area contributed by atoms with Crippen molar-refractivity contribution in [2.45, 2.75) is 32.7 Å². The molecule has 1 atom stereocenters. The molecule has 0 amide bonds. The summed E-state index contributed by atoms with van der Waals surface area (Å²) in [7, 11) is 3.80. The summed E-state index contributed by atoms with van der Waals surface area (Å²) in [5, 5.41) is 14.5. The van der Waals surface area contributed by atoms with Crippen molar-refractivity contribution in [2.24, 2.45) is 7.05 Å². The third kappa shape index (κ3) is 2.87. The molecule has 2 rings (SSSR count). The number of nitrogens with one attached hydrogen (secondary N) is 2. The molecule has 0 aliphatic heterocycles. The van der Waals surface area contributed by atoms with Gasteiger partial charge in [-0.3, -0.25) is 0 Å². The molecular weight excluding hydrogens is 254 g/mol. The second-order valence-electron chi connectivity index (χ2n) is 4.72. The molecule has 108 valence electrons. The van der Waals surface area contributed by atoms with Gasteiger partial charge in [-0.1, -0.05) is 13.3 Å². The fourth-order valence-corrected chi connectivity index (χ4v) is 2.19. The lowest BCUT2D eigenvalue weighted by Crippen LogP contribution is -2.15. The molecule has 0 saturated heterocycles. The molecule has 2 aromatic rings. The normalized spacial score (nSPS) is 12.2. The molecule has 20 heavy (non-hydrogen) atoms. The fraction of sp³-hybridized carbons (Fsp3) is 0.538. The molecule has 0 spiro atoms. The lowest BCUT2D eigenvalue weighted by atomic mass is 10.1. The number of hydrogen-bond donors (Lipinski definition) is 2. The maximum Gasteiger partial charge on any atom is 0.154 e. The van der Waals surface area contributed by atoms with Gasteiger partial charge in [-0.05, 0) is 13.3 Å². The predicted octanol–water partition coefficient (Wildman–Crippen LogP) is 1.77. The molecule has 7 heteroatoms. The third-order valence-electron chi connectivity index (χ3n) is 3.17. The van der Waals surface area contributed by atoms with Gasteiger partial charge in [-0.2, -0.15) is 0 Å². The van der Waals surface area contributed by atoms with Gasteiger partial charge in [0.15, 0.2) is 5.82 Å². The number of aryl methyl sites for hydroxylation is 1. The van der Waals surface area contributed by atoms with E-state index in [0.29, 0.717) is 0 Å². The highest BCUT2D eigenvalue weighted by molar-refractivity contribution is 5.57. The lowest BCUT2D eigenvalue weighted by Gasteiger charge is -2.17. The summed E-state index contributed by atoms with van der Waals surface area (Å²) in [6, 6.07) is 0.0257. The lowest BCUT2D eigenvalue weighted by molar-refractivity contribution is 0.713. The first-order valence-electron chi connectivity index (χ1n) is 6.79. The van der Waals surface area contributed by atoms with E-state index < -0.39 is 0 Å². The third-order valence-corrected chi connectivity index (χ3v) is 3.17. The number of nitrogens with zero attached hydrogens (tertiary/aromatic N) is 5. The summed E-state index contributed by atoms with van der Waals surface area (Å²) < 4.78 is 1.90. The SMILES string of the molecule is CCCc1c(NC)ncnc1NC(C)c1nncn1C. The van der Waals surface area contributed by atoms with Gasteiger partial charge in [0.1, 0.15) is 24.3 Å². The van der Waals surface area contributed by atoms with Crippen LogP contribution in [0.3, 0.4) is 0 Å². The molecule has 0 bridgehead atoms. The summed E-state index contributed by atoms with van der Waals surface area (Å²) in [5.41, 5.74) is 1.10. The highest BCUT2D eigenvalue weighted by atomic mass is 15.3. The van der Waals surface area contributed by atoms with Gasteiger partial charge in [0, 0.05) is 19.7 Å². The molecule has 0 aromatic carbocycles. The van der Waals surface area contributed by atoms with Crippen molar-refractivity contribution < 1.29 is 0 Å². The second-order valence-corrected chi connectivity index (χ2v) is 4.72. The first kappa shape index (κ1) is 14.2. The van der Waals surface area contributed by atoms with Gasteiger partial charge < -0.3 is 15.2 Å². The van der Waals surface area contributed by atoms with Gasteiger partial charge in [-0.25, -0.2) is 9.97 Å². The number of anilines is 2. The quantitative estimate of drug-likeness (QED) is 0.836. The topological polar surface area (TPSA) is 80.6 Å².